The SMILES string of the molecule is CC[C@H](C)[C@H](CCC(=O)CCC(C)C)NC(=O)[C@@H](NC(=O)OC(C)(C)C)[C@@H](C)OC(=O)[C@H](Cc1ccc(OC)cc1)N(C)C(=O)[C@@H]1CCCN1C(=O)[C@@H](N)CC(C)C. The molecule has 14 nitrogen and oxygen atoms in total. The van der Waals surface area contributed by atoms with Gasteiger partial charge in [0.1, 0.15) is 41.4 Å². The van der Waals surface area contributed by atoms with Crippen LogP contribution in [0, 0.1) is 17.8 Å². The van der Waals surface area contributed by atoms with Crippen LogP contribution in [0.5, 0.6) is 5.75 Å². The maximum Gasteiger partial charge on any atom is 0.408 e. The molecule has 0 aromatic heterocycles. The molecule has 1 aromatic carbocycles. The van der Waals surface area contributed by atoms with Gasteiger partial charge < -0.3 is 40.4 Å². The van der Waals surface area contributed by atoms with Crippen molar-refractivity contribution in [3.05, 3.63) is 29.8 Å². The van der Waals surface area contributed by atoms with Crippen molar-refractivity contribution in [2.75, 3.05) is 20.7 Å². The lowest BCUT2D eigenvalue weighted by atomic mass is 9.92. The van der Waals surface area contributed by atoms with Crippen LogP contribution in [0.2, 0.25) is 0 Å². The van der Waals surface area contributed by atoms with Crippen molar-refractivity contribution in [2.45, 2.75) is 169 Å². The van der Waals surface area contributed by atoms with Crippen LogP contribution in [0.4, 0.5) is 4.79 Å². The summed E-state index contributed by atoms with van der Waals surface area (Å²) < 4.78 is 16.8. The minimum Gasteiger partial charge on any atom is -0.497 e. The van der Waals surface area contributed by atoms with Gasteiger partial charge >= 0.3 is 12.1 Å². The van der Waals surface area contributed by atoms with Crippen molar-refractivity contribution >= 4 is 35.6 Å². The van der Waals surface area contributed by atoms with Gasteiger partial charge in [-0.2, -0.15) is 0 Å². The molecule has 1 aromatic rings. The number of ether oxygens (including phenoxy) is 3. The van der Waals surface area contributed by atoms with Crippen molar-refractivity contribution < 1.29 is 43.0 Å². The van der Waals surface area contributed by atoms with Gasteiger partial charge in [0.25, 0.3) is 0 Å². The Morgan fingerprint density at radius 3 is 2.10 bits per heavy atom. The number of likely N-dealkylation sites (N-methyl/N-ethyl adjacent to an activating group) is 1. The Hall–Kier alpha value is -4.20. The van der Waals surface area contributed by atoms with Gasteiger partial charge in [-0.05, 0) is 95.2 Å². The number of carbonyl (C=O) groups excluding carboxylic acids is 6. The number of benzene rings is 1. The van der Waals surface area contributed by atoms with Gasteiger partial charge in [0.05, 0.1) is 13.2 Å². The molecule has 0 unspecified atom stereocenters. The Kier molecular flexibility index (Phi) is 20.2. The smallest absolute Gasteiger partial charge is 0.408 e. The van der Waals surface area contributed by atoms with Crippen LogP contribution in [0.3, 0.4) is 0 Å². The van der Waals surface area contributed by atoms with E-state index in [0.29, 0.717) is 55.9 Å². The number of likely N-dealkylation sites (tertiary alicyclic amines) is 1. The Morgan fingerprint density at radius 1 is 0.931 bits per heavy atom. The number of nitrogens with zero attached hydrogens (tertiary/aromatic N) is 2. The number of alkyl carbamates (subject to hydrolysis) is 1. The quantitative estimate of drug-likeness (QED) is 0.125. The summed E-state index contributed by atoms with van der Waals surface area (Å²) in [6, 6.07) is 2.49. The third-order valence-corrected chi connectivity index (χ3v) is 10.7. The number of amides is 4. The zero-order valence-corrected chi connectivity index (χ0v) is 37.2. The van der Waals surface area contributed by atoms with Crippen LogP contribution >= 0.6 is 0 Å². The summed E-state index contributed by atoms with van der Waals surface area (Å²) in [6.07, 6.45) is 2.08. The largest absolute Gasteiger partial charge is 0.497 e. The Labute approximate surface area is 347 Å². The molecule has 1 heterocycles. The second-order valence-corrected chi connectivity index (χ2v) is 17.7. The van der Waals surface area contributed by atoms with Crippen LogP contribution < -0.4 is 21.1 Å². The maximum absolute atomic E-state index is 14.3. The number of carbonyl (C=O) groups is 6. The van der Waals surface area contributed by atoms with E-state index in [-0.39, 0.29) is 36.4 Å². The van der Waals surface area contributed by atoms with Gasteiger partial charge in [0.2, 0.25) is 17.7 Å². The maximum atomic E-state index is 14.3. The van der Waals surface area contributed by atoms with E-state index in [2.05, 4.69) is 24.5 Å². The fraction of sp³-hybridized carbons (Fsp3) is 0.727. The minimum absolute atomic E-state index is 0.00243. The lowest BCUT2D eigenvalue weighted by Crippen LogP contribution is -2.58. The molecule has 1 aliphatic heterocycles. The average Bonchev–Trinajstić information content (AvgIpc) is 3.64. The topological polar surface area (TPSA) is 187 Å². The molecule has 58 heavy (non-hydrogen) atoms. The highest BCUT2D eigenvalue weighted by Gasteiger charge is 2.42. The molecule has 1 fully saturated rings. The van der Waals surface area contributed by atoms with Crippen LogP contribution in [-0.2, 0) is 39.9 Å². The third-order valence-electron chi connectivity index (χ3n) is 10.7. The molecule has 328 valence electrons. The predicted molar refractivity (Wildman–Crippen MR) is 224 cm³/mol. The first-order valence-corrected chi connectivity index (χ1v) is 21.1. The first-order chi connectivity index (χ1) is 27.1. The molecule has 1 saturated heterocycles. The number of methoxy groups -OCH3 is 1. The fourth-order valence-electron chi connectivity index (χ4n) is 6.97. The number of Topliss-reactive ketones (excluding diaryl/α,β-unsaturated/α-hetero) is 1. The average molecular weight is 816 g/mol. The van der Waals surface area contributed by atoms with Crippen molar-refractivity contribution in [3.8, 4) is 5.75 Å². The molecule has 2 rings (SSSR count). The number of nitrogens with one attached hydrogen (secondary N) is 2. The van der Waals surface area contributed by atoms with Crippen molar-refractivity contribution in [1.82, 2.24) is 20.4 Å². The summed E-state index contributed by atoms with van der Waals surface area (Å²) >= 11 is 0. The summed E-state index contributed by atoms with van der Waals surface area (Å²) in [5, 5.41) is 5.64. The Balaban J connectivity index is 2.45. The Bertz CT molecular complexity index is 1510. The standard InChI is InChI=1S/C44H73N5O9/c1-13-29(6)35(23-20-32(50)19-16-27(2)3)46-39(51)38(47-43(55)58-44(8,9)10)30(7)57-42(54)37(26-31-17-21-33(56-12)22-18-31)48(11)41(53)36-15-14-24-49(36)40(52)34(45)25-28(4)5/h17-18,21-22,27-30,34-38H,13-16,19-20,23-26,45H2,1-12H3,(H,46,51)(H,47,55)/t29-,30+,34-,35-,36-,37-,38-/m0/s1. The summed E-state index contributed by atoms with van der Waals surface area (Å²) in [6.45, 7) is 19.0. The molecular weight excluding hydrogens is 743 g/mol. The number of ketones is 1. The molecule has 0 saturated carbocycles. The summed E-state index contributed by atoms with van der Waals surface area (Å²) in [7, 11) is 3.04. The van der Waals surface area contributed by atoms with Crippen LogP contribution in [0.15, 0.2) is 24.3 Å². The second-order valence-electron chi connectivity index (χ2n) is 17.7. The molecule has 0 radical (unpaired) electrons. The first kappa shape index (κ1) is 49.9. The van der Waals surface area contributed by atoms with E-state index in [1.807, 2.05) is 27.7 Å². The normalized spacial score (nSPS) is 17.4. The molecule has 1 aliphatic rings. The third kappa shape index (κ3) is 16.2. The van der Waals surface area contributed by atoms with Crippen LogP contribution in [-0.4, -0.2) is 108 Å². The van der Waals surface area contributed by atoms with Crippen molar-refractivity contribution in [2.24, 2.45) is 23.5 Å². The van der Waals surface area contributed by atoms with Gasteiger partial charge in [0, 0.05) is 38.9 Å². The van der Waals surface area contributed by atoms with E-state index in [4.69, 9.17) is 19.9 Å². The van der Waals surface area contributed by atoms with Gasteiger partial charge in [-0.3, -0.25) is 19.2 Å². The highest BCUT2D eigenvalue weighted by atomic mass is 16.6. The van der Waals surface area contributed by atoms with E-state index in [1.54, 1.807) is 52.1 Å². The highest BCUT2D eigenvalue weighted by molar-refractivity contribution is 5.93. The molecular formula is C44H73N5O9. The molecule has 14 heteroatoms. The lowest BCUT2D eigenvalue weighted by Gasteiger charge is -2.34. The van der Waals surface area contributed by atoms with Gasteiger partial charge in [-0.25, -0.2) is 9.59 Å². The van der Waals surface area contributed by atoms with E-state index in [0.717, 1.165) is 12.8 Å². The number of hydrogen-bond acceptors (Lipinski definition) is 10. The Morgan fingerprint density at radius 2 is 1.55 bits per heavy atom. The molecule has 4 amide bonds. The minimum atomic E-state index is -1.39. The summed E-state index contributed by atoms with van der Waals surface area (Å²) in [5.41, 5.74) is 6.08. The van der Waals surface area contributed by atoms with Gasteiger partial charge in [-0.1, -0.05) is 60.1 Å². The van der Waals surface area contributed by atoms with Crippen LogP contribution in [0.25, 0.3) is 0 Å². The first-order valence-electron chi connectivity index (χ1n) is 21.1. The molecule has 4 N–H and O–H groups in total. The summed E-state index contributed by atoms with van der Waals surface area (Å²) in [5.74, 6) is -0.869. The zero-order chi connectivity index (χ0) is 43.9. The lowest BCUT2D eigenvalue weighted by molar-refractivity contribution is -0.161. The zero-order valence-electron chi connectivity index (χ0n) is 37.2. The number of rotatable bonds is 22. The van der Waals surface area contributed by atoms with Crippen LogP contribution in [0.1, 0.15) is 126 Å². The molecule has 0 aliphatic carbocycles. The van der Waals surface area contributed by atoms with Crippen molar-refractivity contribution in [3.63, 3.8) is 0 Å². The number of esters is 1. The monoisotopic (exact) mass is 816 g/mol. The predicted octanol–water partition coefficient (Wildman–Crippen LogP) is 5.57. The van der Waals surface area contributed by atoms with Gasteiger partial charge in [0.15, 0.2) is 0 Å². The number of hydrogen-bond donors (Lipinski definition) is 3. The van der Waals surface area contributed by atoms with E-state index in [9.17, 15) is 28.8 Å². The fourth-order valence-corrected chi connectivity index (χ4v) is 6.97. The molecule has 0 bridgehead atoms. The van der Waals surface area contributed by atoms with E-state index in [1.165, 1.54) is 23.8 Å². The van der Waals surface area contributed by atoms with E-state index >= 15 is 0 Å². The summed E-state index contributed by atoms with van der Waals surface area (Å²) in [4.78, 5) is 84.8. The van der Waals surface area contributed by atoms with E-state index < -0.39 is 65.8 Å². The second kappa shape index (κ2) is 23.4. The molecule has 0 spiro atoms. The van der Waals surface area contributed by atoms with Gasteiger partial charge in [-0.15, -0.1) is 0 Å². The number of nitrogens with two attached hydrogens (primary N) is 1. The molecule has 7 atom stereocenters. The van der Waals surface area contributed by atoms with Crippen molar-refractivity contribution in [1.29, 1.82) is 0 Å². The highest BCUT2D eigenvalue weighted by Crippen LogP contribution is 2.24.